The Morgan fingerprint density at radius 1 is 1.29 bits per heavy atom. The number of rotatable bonds is 7. The van der Waals surface area contributed by atoms with Crippen LogP contribution >= 0.6 is 15.9 Å². The molecule has 1 heterocycles. The zero-order chi connectivity index (χ0) is 15.2. The van der Waals surface area contributed by atoms with Crippen molar-refractivity contribution in [1.82, 2.24) is 9.88 Å². The predicted molar refractivity (Wildman–Crippen MR) is 90.8 cm³/mol. The molecule has 0 radical (unpaired) electrons. The number of hydrogen-bond donors (Lipinski definition) is 1. The highest BCUT2D eigenvalue weighted by Crippen LogP contribution is 2.26. The van der Waals surface area contributed by atoms with Crippen molar-refractivity contribution in [1.29, 1.82) is 0 Å². The minimum absolute atomic E-state index is 0.672. The molecular formula is C17H23BrN2O. The van der Waals surface area contributed by atoms with E-state index in [-0.39, 0.29) is 0 Å². The van der Waals surface area contributed by atoms with Crippen LogP contribution in [-0.4, -0.2) is 18.2 Å². The lowest BCUT2D eigenvalue weighted by molar-refractivity contribution is 0.412. The minimum atomic E-state index is 0.672. The number of aromatic nitrogens is 1. The van der Waals surface area contributed by atoms with Gasteiger partial charge in [-0.2, -0.15) is 0 Å². The molecule has 21 heavy (non-hydrogen) atoms. The molecule has 2 rings (SSSR count). The number of methoxy groups -OCH3 is 1. The number of benzene rings is 1. The molecule has 1 aromatic carbocycles. The van der Waals surface area contributed by atoms with E-state index in [1.165, 1.54) is 11.3 Å². The van der Waals surface area contributed by atoms with Gasteiger partial charge in [0.25, 0.3) is 0 Å². The Balaban J connectivity index is 2.03. The number of nitrogens with zero attached hydrogens (tertiary/aromatic N) is 1. The van der Waals surface area contributed by atoms with Crippen LogP contribution in [0.3, 0.4) is 0 Å². The van der Waals surface area contributed by atoms with Crippen molar-refractivity contribution < 1.29 is 4.74 Å². The van der Waals surface area contributed by atoms with Crippen molar-refractivity contribution >= 4 is 15.9 Å². The van der Waals surface area contributed by atoms with E-state index in [1.54, 1.807) is 7.11 Å². The fourth-order valence-electron chi connectivity index (χ4n) is 2.26. The average Bonchev–Trinajstić information content (AvgIpc) is 2.86. The first-order valence-corrected chi connectivity index (χ1v) is 8.06. The summed E-state index contributed by atoms with van der Waals surface area (Å²) >= 11 is 3.54. The summed E-state index contributed by atoms with van der Waals surface area (Å²) in [5.74, 6) is 1.54. The highest BCUT2D eigenvalue weighted by molar-refractivity contribution is 9.10. The lowest BCUT2D eigenvalue weighted by Crippen LogP contribution is -2.20. The maximum atomic E-state index is 5.27. The molecule has 0 aliphatic carbocycles. The van der Waals surface area contributed by atoms with Gasteiger partial charge in [0, 0.05) is 25.0 Å². The van der Waals surface area contributed by atoms with Gasteiger partial charge in [-0.15, -0.1) is 0 Å². The Labute approximate surface area is 135 Å². The quantitative estimate of drug-likeness (QED) is 0.814. The third-order valence-electron chi connectivity index (χ3n) is 3.35. The van der Waals surface area contributed by atoms with E-state index in [0.29, 0.717) is 5.92 Å². The molecule has 0 aliphatic heterocycles. The Morgan fingerprint density at radius 3 is 2.76 bits per heavy atom. The molecule has 0 atom stereocenters. The van der Waals surface area contributed by atoms with Crippen molar-refractivity contribution in [2.24, 2.45) is 5.92 Å². The molecule has 0 spiro atoms. The third-order valence-corrected chi connectivity index (χ3v) is 3.97. The molecule has 0 aliphatic rings. The van der Waals surface area contributed by atoms with Gasteiger partial charge >= 0.3 is 0 Å². The first-order valence-electron chi connectivity index (χ1n) is 7.27. The van der Waals surface area contributed by atoms with Gasteiger partial charge in [-0.05, 0) is 58.2 Å². The predicted octanol–water partition coefficient (Wildman–Crippen LogP) is 4.05. The standard InChI is InChI=1S/C17H23BrN2O/c1-13(2)10-19-11-15-5-4-8-20(15)12-14-6-7-17(21-3)16(18)9-14/h4-9,13,19H,10-12H2,1-3H3. The molecular weight excluding hydrogens is 328 g/mol. The van der Waals surface area contributed by atoms with E-state index in [0.717, 1.165) is 29.9 Å². The van der Waals surface area contributed by atoms with Crippen LogP contribution < -0.4 is 10.1 Å². The van der Waals surface area contributed by atoms with Gasteiger partial charge in [-0.25, -0.2) is 0 Å². The summed E-state index contributed by atoms with van der Waals surface area (Å²) in [4.78, 5) is 0. The lowest BCUT2D eigenvalue weighted by atomic mass is 10.2. The Bertz CT molecular complexity index is 578. The van der Waals surface area contributed by atoms with Crippen LogP contribution in [0, 0.1) is 5.92 Å². The summed E-state index contributed by atoms with van der Waals surface area (Å²) in [6.07, 6.45) is 2.13. The Kier molecular flexibility index (Phi) is 5.88. The zero-order valence-electron chi connectivity index (χ0n) is 12.9. The molecule has 4 heteroatoms. The van der Waals surface area contributed by atoms with Gasteiger partial charge in [-0.3, -0.25) is 0 Å². The van der Waals surface area contributed by atoms with Crippen molar-refractivity contribution in [3.05, 3.63) is 52.3 Å². The first kappa shape index (κ1) is 16.1. The summed E-state index contributed by atoms with van der Waals surface area (Å²) in [5.41, 5.74) is 2.56. The molecule has 2 aromatic rings. The number of halogens is 1. The first-order chi connectivity index (χ1) is 10.1. The van der Waals surface area contributed by atoms with Crippen LogP contribution in [0.5, 0.6) is 5.75 Å². The number of nitrogens with one attached hydrogen (secondary N) is 1. The normalized spacial score (nSPS) is 11.1. The molecule has 0 unspecified atom stereocenters. The van der Waals surface area contributed by atoms with Crippen LogP contribution in [0.2, 0.25) is 0 Å². The van der Waals surface area contributed by atoms with Crippen molar-refractivity contribution in [3.8, 4) is 5.75 Å². The SMILES string of the molecule is COc1ccc(Cn2cccc2CNCC(C)C)cc1Br. The van der Waals surface area contributed by atoms with E-state index in [9.17, 15) is 0 Å². The van der Waals surface area contributed by atoms with Crippen LogP contribution in [0.25, 0.3) is 0 Å². The Morgan fingerprint density at radius 2 is 2.10 bits per heavy atom. The van der Waals surface area contributed by atoms with Gasteiger partial charge in [-0.1, -0.05) is 19.9 Å². The molecule has 0 saturated carbocycles. The molecule has 0 amide bonds. The second kappa shape index (κ2) is 7.66. The Hall–Kier alpha value is -1.26. The second-order valence-electron chi connectivity index (χ2n) is 5.62. The van der Waals surface area contributed by atoms with E-state index >= 15 is 0 Å². The van der Waals surface area contributed by atoms with Crippen LogP contribution in [0.4, 0.5) is 0 Å². The number of hydrogen-bond acceptors (Lipinski definition) is 2. The third kappa shape index (κ3) is 4.61. The van der Waals surface area contributed by atoms with Gasteiger partial charge in [0.1, 0.15) is 5.75 Å². The molecule has 1 aromatic heterocycles. The number of ether oxygens (including phenoxy) is 1. The van der Waals surface area contributed by atoms with E-state index < -0.39 is 0 Å². The molecule has 0 saturated heterocycles. The fourth-order valence-corrected chi connectivity index (χ4v) is 2.85. The summed E-state index contributed by atoms with van der Waals surface area (Å²) < 4.78 is 8.54. The van der Waals surface area contributed by atoms with Crippen LogP contribution in [0.15, 0.2) is 41.0 Å². The summed E-state index contributed by atoms with van der Waals surface area (Å²) in [6.45, 7) is 7.26. The van der Waals surface area contributed by atoms with E-state index in [1.807, 2.05) is 6.07 Å². The highest BCUT2D eigenvalue weighted by Gasteiger charge is 2.05. The van der Waals surface area contributed by atoms with Crippen LogP contribution in [0.1, 0.15) is 25.1 Å². The van der Waals surface area contributed by atoms with Gasteiger partial charge in [0.15, 0.2) is 0 Å². The van der Waals surface area contributed by atoms with E-state index in [4.69, 9.17) is 4.74 Å². The van der Waals surface area contributed by atoms with Gasteiger partial charge in [0.2, 0.25) is 0 Å². The summed E-state index contributed by atoms with van der Waals surface area (Å²) in [5, 5.41) is 3.49. The smallest absolute Gasteiger partial charge is 0.133 e. The fraction of sp³-hybridized carbons (Fsp3) is 0.412. The summed E-state index contributed by atoms with van der Waals surface area (Å²) in [7, 11) is 1.68. The van der Waals surface area contributed by atoms with Crippen molar-refractivity contribution in [3.63, 3.8) is 0 Å². The highest BCUT2D eigenvalue weighted by atomic mass is 79.9. The second-order valence-corrected chi connectivity index (χ2v) is 6.48. The maximum Gasteiger partial charge on any atom is 0.133 e. The van der Waals surface area contributed by atoms with Crippen molar-refractivity contribution in [2.45, 2.75) is 26.9 Å². The lowest BCUT2D eigenvalue weighted by Gasteiger charge is -2.12. The van der Waals surface area contributed by atoms with Crippen molar-refractivity contribution in [2.75, 3.05) is 13.7 Å². The van der Waals surface area contributed by atoms with Gasteiger partial charge < -0.3 is 14.6 Å². The van der Waals surface area contributed by atoms with Gasteiger partial charge in [0.05, 0.1) is 11.6 Å². The minimum Gasteiger partial charge on any atom is -0.496 e. The average molecular weight is 351 g/mol. The molecule has 0 bridgehead atoms. The molecule has 1 N–H and O–H groups in total. The molecule has 0 fully saturated rings. The van der Waals surface area contributed by atoms with Crippen LogP contribution in [-0.2, 0) is 13.1 Å². The molecule has 3 nitrogen and oxygen atoms in total. The zero-order valence-corrected chi connectivity index (χ0v) is 14.5. The largest absolute Gasteiger partial charge is 0.496 e. The molecule has 114 valence electrons. The maximum absolute atomic E-state index is 5.27. The summed E-state index contributed by atoms with van der Waals surface area (Å²) in [6, 6.07) is 10.5. The topological polar surface area (TPSA) is 26.2 Å². The monoisotopic (exact) mass is 350 g/mol. The van der Waals surface area contributed by atoms with E-state index in [2.05, 4.69) is 70.1 Å².